The van der Waals surface area contributed by atoms with Gasteiger partial charge in [0.1, 0.15) is 11.5 Å². The Morgan fingerprint density at radius 3 is 2.52 bits per heavy atom. The molecule has 0 saturated carbocycles. The molecule has 1 saturated heterocycles. The van der Waals surface area contributed by atoms with Gasteiger partial charge >= 0.3 is 0 Å². The van der Waals surface area contributed by atoms with Crippen LogP contribution in [-0.2, 0) is 6.54 Å². The minimum Gasteiger partial charge on any atom is -0.466 e. The maximum atomic E-state index is 5.55. The number of nitrogens with zero attached hydrogens (tertiary/aromatic N) is 2. The Bertz CT molecular complexity index is 487. The lowest BCUT2D eigenvalue weighted by atomic mass is 10.2. The first kappa shape index (κ1) is 17.9. The molecule has 2 rings (SSSR count). The van der Waals surface area contributed by atoms with E-state index in [9.17, 15) is 0 Å². The predicted octanol–water partition coefficient (Wildman–Crippen LogP) is 2.83. The van der Waals surface area contributed by atoms with Gasteiger partial charge in [-0.2, -0.15) is 0 Å². The Hall–Kier alpha value is -1.49. The largest absolute Gasteiger partial charge is 0.466 e. The van der Waals surface area contributed by atoms with E-state index in [1.165, 1.54) is 50.9 Å². The molecule has 1 aliphatic heterocycles. The van der Waals surface area contributed by atoms with Gasteiger partial charge < -0.3 is 20.0 Å². The van der Waals surface area contributed by atoms with Crippen LogP contribution < -0.4 is 10.6 Å². The van der Waals surface area contributed by atoms with Crippen molar-refractivity contribution in [1.82, 2.24) is 15.5 Å². The minimum absolute atomic E-state index is 0.745. The Morgan fingerprint density at radius 2 is 1.91 bits per heavy atom. The normalized spacial score (nSPS) is 17.1. The van der Waals surface area contributed by atoms with Gasteiger partial charge in [-0.05, 0) is 58.8 Å². The lowest BCUT2D eigenvalue weighted by Crippen LogP contribution is -2.38. The van der Waals surface area contributed by atoms with Gasteiger partial charge in [-0.15, -0.1) is 0 Å². The van der Waals surface area contributed by atoms with E-state index < -0.39 is 0 Å². The quantitative estimate of drug-likeness (QED) is 0.481. The first-order valence-corrected chi connectivity index (χ1v) is 8.92. The van der Waals surface area contributed by atoms with Crippen molar-refractivity contribution < 1.29 is 4.42 Å². The van der Waals surface area contributed by atoms with Crippen molar-refractivity contribution in [3.05, 3.63) is 23.2 Å². The molecule has 0 amide bonds. The smallest absolute Gasteiger partial charge is 0.191 e. The summed E-state index contributed by atoms with van der Waals surface area (Å²) in [5, 5.41) is 6.76. The van der Waals surface area contributed by atoms with E-state index in [1.807, 2.05) is 20.9 Å². The number of guanidine groups is 1. The molecule has 23 heavy (non-hydrogen) atoms. The van der Waals surface area contributed by atoms with Gasteiger partial charge in [0, 0.05) is 25.7 Å². The topological polar surface area (TPSA) is 52.8 Å². The van der Waals surface area contributed by atoms with Crippen LogP contribution >= 0.6 is 0 Å². The number of furan rings is 1. The van der Waals surface area contributed by atoms with Gasteiger partial charge in [-0.3, -0.25) is 4.99 Å². The van der Waals surface area contributed by atoms with Crippen LogP contribution in [0.15, 0.2) is 15.5 Å². The molecule has 1 aliphatic rings. The summed E-state index contributed by atoms with van der Waals surface area (Å²) < 4.78 is 5.55. The van der Waals surface area contributed by atoms with Gasteiger partial charge in [-0.1, -0.05) is 12.8 Å². The standard InChI is InChI=1S/C18H32N4O/c1-15-13-17(16(2)23-15)14-21-18(19-3)20-9-8-12-22-10-6-4-5-7-11-22/h13H,4-12,14H2,1-3H3,(H2,19,20,21). The number of hydrogen-bond acceptors (Lipinski definition) is 3. The van der Waals surface area contributed by atoms with E-state index in [1.54, 1.807) is 0 Å². The van der Waals surface area contributed by atoms with Gasteiger partial charge in [0.2, 0.25) is 0 Å². The second kappa shape index (κ2) is 9.60. The number of hydrogen-bond donors (Lipinski definition) is 2. The zero-order valence-electron chi connectivity index (χ0n) is 15.0. The predicted molar refractivity (Wildman–Crippen MR) is 95.9 cm³/mol. The van der Waals surface area contributed by atoms with Crippen LogP contribution in [0, 0.1) is 13.8 Å². The SMILES string of the molecule is CN=C(NCCCN1CCCCCC1)NCc1cc(C)oc1C. The van der Waals surface area contributed by atoms with Gasteiger partial charge in [0.25, 0.3) is 0 Å². The van der Waals surface area contributed by atoms with E-state index in [0.717, 1.165) is 37.0 Å². The fourth-order valence-electron chi connectivity index (χ4n) is 3.13. The van der Waals surface area contributed by atoms with Gasteiger partial charge in [0.15, 0.2) is 5.96 Å². The molecule has 1 aromatic heterocycles. The van der Waals surface area contributed by atoms with Crippen LogP contribution in [0.25, 0.3) is 0 Å². The highest BCUT2D eigenvalue weighted by Crippen LogP contribution is 2.13. The summed E-state index contributed by atoms with van der Waals surface area (Å²) in [4.78, 5) is 6.89. The van der Waals surface area contributed by atoms with Crippen LogP contribution in [0.1, 0.15) is 49.2 Å². The highest BCUT2D eigenvalue weighted by Gasteiger charge is 2.08. The molecule has 0 unspecified atom stereocenters. The van der Waals surface area contributed by atoms with Crippen LogP contribution in [0.4, 0.5) is 0 Å². The van der Waals surface area contributed by atoms with Gasteiger partial charge in [-0.25, -0.2) is 0 Å². The second-order valence-electron chi connectivity index (χ2n) is 6.40. The zero-order valence-corrected chi connectivity index (χ0v) is 15.0. The second-order valence-corrected chi connectivity index (χ2v) is 6.40. The molecular weight excluding hydrogens is 288 g/mol. The third-order valence-corrected chi connectivity index (χ3v) is 4.46. The summed E-state index contributed by atoms with van der Waals surface area (Å²) in [5.41, 5.74) is 1.19. The summed E-state index contributed by atoms with van der Waals surface area (Å²) >= 11 is 0. The van der Waals surface area contributed by atoms with Crippen molar-refractivity contribution in [2.24, 2.45) is 4.99 Å². The highest BCUT2D eigenvalue weighted by molar-refractivity contribution is 5.79. The number of rotatable bonds is 6. The Morgan fingerprint density at radius 1 is 1.17 bits per heavy atom. The van der Waals surface area contributed by atoms with Crippen molar-refractivity contribution in [3.63, 3.8) is 0 Å². The molecule has 5 heteroatoms. The van der Waals surface area contributed by atoms with Crippen molar-refractivity contribution in [1.29, 1.82) is 0 Å². The molecule has 0 aliphatic carbocycles. The van der Waals surface area contributed by atoms with E-state index in [0.29, 0.717) is 0 Å². The molecular formula is C18H32N4O. The van der Waals surface area contributed by atoms with E-state index in [2.05, 4.69) is 26.6 Å². The van der Waals surface area contributed by atoms with Crippen LogP contribution in [-0.4, -0.2) is 44.1 Å². The molecule has 2 heterocycles. The maximum Gasteiger partial charge on any atom is 0.191 e. The average Bonchev–Trinajstić information content (AvgIpc) is 2.74. The molecule has 0 spiro atoms. The minimum atomic E-state index is 0.745. The summed E-state index contributed by atoms with van der Waals surface area (Å²) in [5.74, 6) is 2.80. The Labute approximate surface area is 140 Å². The number of likely N-dealkylation sites (tertiary alicyclic amines) is 1. The summed E-state index contributed by atoms with van der Waals surface area (Å²) in [6, 6.07) is 2.08. The zero-order chi connectivity index (χ0) is 16.5. The first-order valence-electron chi connectivity index (χ1n) is 8.92. The molecule has 1 aromatic rings. The van der Waals surface area contributed by atoms with Crippen molar-refractivity contribution in [2.45, 2.75) is 52.5 Å². The van der Waals surface area contributed by atoms with Crippen LogP contribution in [0.5, 0.6) is 0 Å². The molecule has 0 atom stereocenters. The molecule has 5 nitrogen and oxygen atoms in total. The summed E-state index contributed by atoms with van der Waals surface area (Å²) in [6.07, 6.45) is 6.68. The number of nitrogens with one attached hydrogen (secondary N) is 2. The lowest BCUT2D eigenvalue weighted by Gasteiger charge is -2.20. The van der Waals surface area contributed by atoms with E-state index in [-0.39, 0.29) is 0 Å². The Balaban J connectivity index is 1.64. The Kier molecular flexibility index (Phi) is 7.46. The molecule has 0 aromatic carbocycles. The third-order valence-electron chi connectivity index (χ3n) is 4.46. The molecule has 0 radical (unpaired) electrons. The van der Waals surface area contributed by atoms with Crippen LogP contribution in [0.2, 0.25) is 0 Å². The van der Waals surface area contributed by atoms with Crippen molar-refractivity contribution in [3.8, 4) is 0 Å². The lowest BCUT2D eigenvalue weighted by molar-refractivity contribution is 0.282. The maximum absolute atomic E-state index is 5.55. The highest BCUT2D eigenvalue weighted by atomic mass is 16.3. The molecule has 2 N–H and O–H groups in total. The summed E-state index contributed by atoms with van der Waals surface area (Å²) in [6.45, 7) is 9.41. The fraction of sp³-hybridized carbons (Fsp3) is 0.722. The average molecular weight is 320 g/mol. The third kappa shape index (κ3) is 6.26. The first-order chi connectivity index (χ1) is 11.2. The van der Waals surface area contributed by atoms with Crippen molar-refractivity contribution >= 4 is 5.96 Å². The number of aryl methyl sites for hydroxylation is 2. The van der Waals surface area contributed by atoms with Crippen molar-refractivity contribution in [2.75, 3.05) is 33.2 Å². The van der Waals surface area contributed by atoms with E-state index in [4.69, 9.17) is 4.42 Å². The molecule has 1 fully saturated rings. The monoisotopic (exact) mass is 320 g/mol. The molecule has 0 bridgehead atoms. The number of aliphatic imine (C=N–C) groups is 1. The van der Waals surface area contributed by atoms with E-state index >= 15 is 0 Å². The molecule has 130 valence electrons. The van der Waals surface area contributed by atoms with Gasteiger partial charge in [0.05, 0.1) is 0 Å². The van der Waals surface area contributed by atoms with Crippen LogP contribution in [0.3, 0.4) is 0 Å². The fourth-order valence-corrected chi connectivity index (χ4v) is 3.13. The summed E-state index contributed by atoms with van der Waals surface area (Å²) in [7, 11) is 1.82.